The summed E-state index contributed by atoms with van der Waals surface area (Å²) in [6, 6.07) is -0.835. The number of hydrogen-bond acceptors (Lipinski definition) is 11. The summed E-state index contributed by atoms with van der Waals surface area (Å²) in [6.07, 6.45) is -4.63. The molecule has 0 aromatic heterocycles. The van der Waals surface area contributed by atoms with Crippen LogP contribution in [0.5, 0.6) is 0 Å². The van der Waals surface area contributed by atoms with Crippen molar-refractivity contribution in [2.75, 3.05) is 0 Å². The number of nitroso groups, excluding NO2 is 1. The molecule has 3 fully saturated rings. The lowest BCUT2D eigenvalue weighted by Crippen LogP contribution is -2.59. The minimum absolute atomic E-state index is 0.0153. The van der Waals surface area contributed by atoms with Crippen LogP contribution in [0.4, 0.5) is 0 Å². The van der Waals surface area contributed by atoms with Crippen molar-refractivity contribution in [3.8, 4) is 0 Å². The zero-order chi connectivity index (χ0) is 22.9. The van der Waals surface area contributed by atoms with E-state index in [1.54, 1.807) is 26.7 Å². The molecular formula is C20H29NO10. The van der Waals surface area contributed by atoms with Crippen molar-refractivity contribution in [2.45, 2.75) is 94.5 Å². The first-order chi connectivity index (χ1) is 14.6. The van der Waals surface area contributed by atoms with Crippen molar-refractivity contribution >= 4 is 5.94 Å². The molecular weight excluding hydrogens is 414 g/mol. The summed E-state index contributed by atoms with van der Waals surface area (Å²) in [7, 11) is 0. The van der Waals surface area contributed by atoms with E-state index in [9.17, 15) is 30.1 Å². The molecule has 11 nitrogen and oxygen atoms in total. The van der Waals surface area contributed by atoms with Crippen LogP contribution >= 0.6 is 0 Å². The van der Waals surface area contributed by atoms with Crippen LogP contribution < -0.4 is 0 Å². The van der Waals surface area contributed by atoms with Gasteiger partial charge in [0.2, 0.25) is 0 Å². The fourth-order valence-corrected chi connectivity index (χ4v) is 4.31. The van der Waals surface area contributed by atoms with Gasteiger partial charge in [0.25, 0.3) is 0 Å². The molecule has 1 saturated carbocycles. The molecule has 2 aliphatic heterocycles. The first-order valence-corrected chi connectivity index (χ1v) is 10.3. The van der Waals surface area contributed by atoms with Gasteiger partial charge in [0, 0.05) is 18.8 Å². The second-order valence-electron chi connectivity index (χ2n) is 8.35. The normalized spacial score (nSPS) is 48.2. The summed E-state index contributed by atoms with van der Waals surface area (Å²) in [5.41, 5.74) is -1.85. The number of ether oxygens (including phenoxy) is 4. The van der Waals surface area contributed by atoms with Gasteiger partial charge < -0.3 is 39.4 Å². The molecule has 0 aromatic carbocycles. The van der Waals surface area contributed by atoms with Crippen LogP contribution in [0.15, 0.2) is 23.1 Å². The highest BCUT2D eigenvalue weighted by molar-refractivity contribution is 5.64. The van der Waals surface area contributed by atoms with Crippen molar-refractivity contribution in [3.05, 3.63) is 22.8 Å². The van der Waals surface area contributed by atoms with Gasteiger partial charge in [-0.05, 0) is 19.9 Å². The molecule has 0 amide bonds. The molecule has 3 aliphatic rings. The SMILES string of the molecule is CC1OC(OC2CC(O)OC(C)C2N=O)CC(O/C=C\C2(O)C(=C=O)C(C)C2O)C1O. The lowest BCUT2D eigenvalue weighted by atomic mass is 9.65. The van der Waals surface area contributed by atoms with E-state index < -0.39 is 66.8 Å². The second kappa shape index (κ2) is 9.43. The molecule has 2 saturated heterocycles. The third-order valence-corrected chi connectivity index (χ3v) is 6.27. The number of carbonyl (C=O) groups excluding carboxylic acids is 1. The Morgan fingerprint density at radius 3 is 2.48 bits per heavy atom. The first kappa shape index (κ1) is 24.0. The van der Waals surface area contributed by atoms with E-state index >= 15 is 0 Å². The summed E-state index contributed by atoms with van der Waals surface area (Å²) < 4.78 is 22.3. The second-order valence-corrected chi connectivity index (χ2v) is 8.35. The minimum atomic E-state index is -1.87. The topological polar surface area (TPSA) is 164 Å². The van der Waals surface area contributed by atoms with Gasteiger partial charge in [-0.2, -0.15) is 4.91 Å². The summed E-state index contributed by atoms with van der Waals surface area (Å²) >= 11 is 0. The molecule has 1 aliphatic carbocycles. The van der Waals surface area contributed by atoms with E-state index in [2.05, 4.69) is 5.18 Å². The Morgan fingerprint density at radius 1 is 1.13 bits per heavy atom. The molecule has 11 unspecified atom stereocenters. The maximum Gasteiger partial charge on any atom is 0.162 e. The summed E-state index contributed by atoms with van der Waals surface area (Å²) in [5, 5.41) is 43.6. The van der Waals surface area contributed by atoms with Crippen LogP contribution in [0.3, 0.4) is 0 Å². The summed E-state index contributed by atoms with van der Waals surface area (Å²) in [6.45, 7) is 4.82. The van der Waals surface area contributed by atoms with E-state index in [1.165, 1.54) is 0 Å². The van der Waals surface area contributed by atoms with Crippen molar-refractivity contribution in [1.29, 1.82) is 0 Å². The largest absolute Gasteiger partial charge is 0.495 e. The lowest BCUT2D eigenvalue weighted by molar-refractivity contribution is -0.284. The quantitative estimate of drug-likeness (QED) is 0.240. The first-order valence-electron chi connectivity index (χ1n) is 10.3. The van der Waals surface area contributed by atoms with Gasteiger partial charge in [-0.1, -0.05) is 12.1 Å². The van der Waals surface area contributed by atoms with E-state index in [-0.39, 0.29) is 18.4 Å². The molecule has 11 atom stereocenters. The van der Waals surface area contributed by atoms with Crippen LogP contribution in [-0.2, 0) is 23.7 Å². The molecule has 0 radical (unpaired) electrons. The molecule has 2 heterocycles. The fourth-order valence-electron chi connectivity index (χ4n) is 4.31. The minimum Gasteiger partial charge on any atom is -0.495 e. The van der Waals surface area contributed by atoms with Crippen LogP contribution in [0.2, 0.25) is 0 Å². The smallest absolute Gasteiger partial charge is 0.162 e. The molecule has 0 bridgehead atoms. The molecule has 4 N–H and O–H groups in total. The zero-order valence-corrected chi connectivity index (χ0v) is 17.5. The standard InChI is InChI=1S/C20H29NO10/c1-9-12(8-22)20(26,19(9)25)4-5-28-14-7-16(30-11(3)18(14)24)31-13-6-15(23)29-10(2)17(13)21-27/h4-5,9-11,13-19,23-26H,6-7H2,1-3H3/b5-4-. The third-order valence-electron chi connectivity index (χ3n) is 6.27. The van der Waals surface area contributed by atoms with Gasteiger partial charge in [0.15, 0.2) is 12.6 Å². The predicted octanol–water partition coefficient (Wildman–Crippen LogP) is -0.472. The lowest BCUT2D eigenvalue weighted by Gasteiger charge is -2.46. The van der Waals surface area contributed by atoms with E-state index in [0.717, 1.165) is 12.3 Å². The third kappa shape index (κ3) is 4.59. The van der Waals surface area contributed by atoms with Crippen LogP contribution in [0.25, 0.3) is 0 Å². The molecule has 174 valence electrons. The average Bonchev–Trinajstić information content (AvgIpc) is 2.71. The molecule has 11 heteroatoms. The van der Waals surface area contributed by atoms with Crippen molar-refractivity contribution in [3.63, 3.8) is 0 Å². The molecule has 3 rings (SSSR count). The van der Waals surface area contributed by atoms with Crippen LogP contribution in [0.1, 0.15) is 33.6 Å². The zero-order valence-electron chi connectivity index (χ0n) is 17.5. The Labute approximate surface area is 179 Å². The average molecular weight is 443 g/mol. The highest BCUT2D eigenvalue weighted by atomic mass is 16.7. The molecule has 31 heavy (non-hydrogen) atoms. The van der Waals surface area contributed by atoms with Gasteiger partial charge in [0.05, 0.1) is 36.3 Å². The number of nitrogens with zero attached hydrogens (tertiary/aromatic N) is 1. The Morgan fingerprint density at radius 2 is 1.84 bits per heavy atom. The molecule has 0 aromatic rings. The molecule has 0 spiro atoms. The van der Waals surface area contributed by atoms with Crippen molar-refractivity contribution in [1.82, 2.24) is 0 Å². The Hall–Kier alpha value is -1.69. The van der Waals surface area contributed by atoms with Gasteiger partial charge >= 0.3 is 0 Å². The van der Waals surface area contributed by atoms with Gasteiger partial charge in [0.1, 0.15) is 29.8 Å². The number of rotatable bonds is 6. The van der Waals surface area contributed by atoms with Gasteiger partial charge in [-0.3, -0.25) is 0 Å². The number of aliphatic hydroxyl groups excluding tert-OH is 3. The van der Waals surface area contributed by atoms with Crippen molar-refractivity contribution in [2.24, 2.45) is 11.1 Å². The summed E-state index contributed by atoms with van der Waals surface area (Å²) in [4.78, 5) is 22.2. The van der Waals surface area contributed by atoms with E-state index in [1.807, 2.05) is 0 Å². The van der Waals surface area contributed by atoms with E-state index in [0.29, 0.717) is 0 Å². The van der Waals surface area contributed by atoms with Crippen molar-refractivity contribution < 1.29 is 44.2 Å². The number of aliphatic hydroxyl groups is 4. The van der Waals surface area contributed by atoms with Crippen LogP contribution in [-0.4, -0.2) is 87.2 Å². The Balaban J connectivity index is 1.64. The highest BCUT2D eigenvalue weighted by Crippen LogP contribution is 2.43. The van der Waals surface area contributed by atoms with Crippen LogP contribution in [0, 0.1) is 10.8 Å². The monoisotopic (exact) mass is 443 g/mol. The Kier molecular flexibility index (Phi) is 7.29. The maximum absolute atomic E-state index is 11.2. The van der Waals surface area contributed by atoms with Gasteiger partial charge in [-0.15, -0.1) is 0 Å². The highest BCUT2D eigenvalue weighted by Gasteiger charge is 2.55. The van der Waals surface area contributed by atoms with E-state index in [4.69, 9.17) is 18.9 Å². The summed E-state index contributed by atoms with van der Waals surface area (Å²) in [5.74, 6) is 1.12. The Bertz CT molecular complexity index is 739. The maximum atomic E-state index is 11.2. The van der Waals surface area contributed by atoms with Gasteiger partial charge in [-0.25, -0.2) is 4.79 Å². The fraction of sp³-hybridized carbons (Fsp3) is 0.800. The predicted molar refractivity (Wildman–Crippen MR) is 104 cm³/mol. The number of hydrogen-bond donors (Lipinski definition) is 4.